The van der Waals surface area contributed by atoms with Crippen molar-refractivity contribution in [2.45, 2.75) is 19.3 Å². The average Bonchev–Trinajstić information content (AvgIpc) is 2.84. The predicted octanol–water partition coefficient (Wildman–Crippen LogP) is 1.82. The molecule has 1 atom stereocenters. The molecule has 0 aliphatic carbocycles. The fourth-order valence-electron chi connectivity index (χ4n) is 5.07. The summed E-state index contributed by atoms with van der Waals surface area (Å²) >= 11 is 6.14. The van der Waals surface area contributed by atoms with E-state index in [9.17, 15) is 9.59 Å². The van der Waals surface area contributed by atoms with Crippen molar-refractivity contribution < 1.29 is 19.1 Å². The van der Waals surface area contributed by atoms with E-state index in [1.54, 1.807) is 6.07 Å². The Kier molecular flexibility index (Phi) is 8.69. The van der Waals surface area contributed by atoms with Gasteiger partial charge >= 0.3 is 0 Å². The van der Waals surface area contributed by atoms with Crippen molar-refractivity contribution in [3.05, 3.63) is 29.3 Å². The summed E-state index contributed by atoms with van der Waals surface area (Å²) < 4.78 is 11.6. The largest absolute Gasteiger partial charge is 0.493 e. The van der Waals surface area contributed by atoms with Gasteiger partial charge in [-0.3, -0.25) is 14.5 Å². The van der Waals surface area contributed by atoms with E-state index in [0.717, 1.165) is 58.7 Å². The van der Waals surface area contributed by atoms with Crippen LogP contribution in [0.15, 0.2) is 24.3 Å². The third-order valence-electron chi connectivity index (χ3n) is 7.20. The number of hydrogen-bond donors (Lipinski definition) is 0. The zero-order chi connectivity index (χ0) is 24.0. The van der Waals surface area contributed by atoms with Crippen LogP contribution in [0.2, 0.25) is 5.02 Å². The Morgan fingerprint density at radius 1 is 1.03 bits per heavy atom. The number of carbonyl (C=O) groups excluding carboxylic acids is 2. The smallest absolute Gasteiger partial charge is 0.236 e. The van der Waals surface area contributed by atoms with Crippen LogP contribution < -0.4 is 4.74 Å². The lowest BCUT2D eigenvalue weighted by atomic mass is 9.77. The van der Waals surface area contributed by atoms with Gasteiger partial charge in [0.2, 0.25) is 11.8 Å². The molecule has 0 bridgehead atoms. The summed E-state index contributed by atoms with van der Waals surface area (Å²) in [5.41, 5.74) is -0.415. The van der Waals surface area contributed by atoms with Crippen LogP contribution in [0.4, 0.5) is 0 Å². The SMILES string of the molecule is CN1CCN(C(=O)C[C@@]2(COc3cccc(Cl)c3)CCCN(C(=O)CN3CCOCC3)C2)CC1. The van der Waals surface area contributed by atoms with E-state index in [1.165, 1.54) is 0 Å². The minimum atomic E-state index is -0.415. The third kappa shape index (κ3) is 6.84. The van der Waals surface area contributed by atoms with Crippen LogP contribution in [0.1, 0.15) is 19.3 Å². The number of ether oxygens (including phenoxy) is 2. The maximum Gasteiger partial charge on any atom is 0.236 e. The van der Waals surface area contributed by atoms with E-state index >= 15 is 0 Å². The lowest BCUT2D eigenvalue weighted by Crippen LogP contribution is -2.54. The highest BCUT2D eigenvalue weighted by molar-refractivity contribution is 6.30. The number of rotatable bonds is 7. The highest BCUT2D eigenvalue weighted by Crippen LogP contribution is 2.36. The number of likely N-dealkylation sites (tertiary alicyclic amines) is 1. The van der Waals surface area contributed by atoms with Crippen LogP contribution in [-0.4, -0.2) is 117 Å². The van der Waals surface area contributed by atoms with Gasteiger partial charge in [-0.25, -0.2) is 0 Å². The molecule has 0 unspecified atom stereocenters. The summed E-state index contributed by atoms with van der Waals surface area (Å²) in [6.07, 6.45) is 2.11. The van der Waals surface area contributed by atoms with Gasteiger partial charge < -0.3 is 24.2 Å². The molecule has 8 nitrogen and oxygen atoms in total. The van der Waals surface area contributed by atoms with E-state index < -0.39 is 5.41 Å². The van der Waals surface area contributed by atoms with Crippen LogP contribution in [0.25, 0.3) is 0 Å². The van der Waals surface area contributed by atoms with Crippen LogP contribution >= 0.6 is 11.6 Å². The van der Waals surface area contributed by atoms with Crippen LogP contribution in [0.3, 0.4) is 0 Å². The Morgan fingerprint density at radius 3 is 2.53 bits per heavy atom. The molecule has 1 aromatic carbocycles. The van der Waals surface area contributed by atoms with Gasteiger partial charge in [0.1, 0.15) is 5.75 Å². The summed E-state index contributed by atoms with van der Waals surface area (Å²) in [7, 11) is 2.08. The lowest BCUT2D eigenvalue weighted by Gasteiger charge is -2.44. The molecule has 0 spiro atoms. The molecule has 3 heterocycles. The van der Waals surface area contributed by atoms with Crippen molar-refractivity contribution >= 4 is 23.4 Å². The van der Waals surface area contributed by atoms with Crippen molar-refractivity contribution in [2.75, 3.05) is 85.8 Å². The topological polar surface area (TPSA) is 65.6 Å². The van der Waals surface area contributed by atoms with Gasteiger partial charge in [0, 0.05) is 69.2 Å². The molecule has 4 rings (SSSR count). The molecule has 2 amide bonds. The number of benzene rings is 1. The molecule has 3 aliphatic rings. The highest BCUT2D eigenvalue weighted by atomic mass is 35.5. The maximum atomic E-state index is 13.3. The lowest BCUT2D eigenvalue weighted by molar-refractivity contribution is -0.143. The first-order chi connectivity index (χ1) is 16.4. The Bertz CT molecular complexity index is 842. The van der Waals surface area contributed by atoms with Crippen molar-refractivity contribution in [1.82, 2.24) is 19.6 Å². The number of nitrogens with zero attached hydrogens (tertiary/aromatic N) is 4. The van der Waals surface area contributed by atoms with Crippen molar-refractivity contribution in [2.24, 2.45) is 5.41 Å². The minimum absolute atomic E-state index is 0.126. The average molecular weight is 493 g/mol. The summed E-state index contributed by atoms with van der Waals surface area (Å²) in [6, 6.07) is 7.35. The number of amides is 2. The first-order valence-electron chi connectivity index (χ1n) is 12.4. The maximum absolute atomic E-state index is 13.3. The van der Waals surface area contributed by atoms with E-state index in [-0.39, 0.29) is 11.8 Å². The molecule has 3 saturated heterocycles. The summed E-state index contributed by atoms with van der Waals surface area (Å²) in [5, 5.41) is 0.617. The Balaban J connectivity index is 1.45. The number of likely N-dealkylation sites (N-methyl/N-ethyl adjacent to an activating group) is 1. The number of halogens is 1. The van der Waals surface area contributed by atoms with Gasteiger partial charge in [0.15, 0.2) is 0 Å². The molecular formula is C25H37ClN4O4. The summed E-state index contributed by atoms with van der Waals surface area (Å²) in [5.74, 6) is 0.974. The fraction of sp³-hybridized carbons (Fsp3) is 0.680. The molecule has 3 aliphatic heterocycles. The number of piperazine rings is 1. The van der Waals surface area contributed by atoms with Crippen molar-refractivity contribution in [3.8, 4) is 5.75 Å². The first-order valence-corrected chi connectivity index (χ1v) is 12.7. The molecule has 9 heteroatoms. The molecule has 3 fully saturated rings. The van der Waals surface area contributed by atoms with Crippen molar-refractivity contribution in [3.63, 3.8) is 0 Å². The second-order valence-corrected chi connectivity index (χ2v) is 10.4. The Labute approximate surface area is 207 Å². The summed E-state index contributed by atoms with van der Waals surface area (Å²) in [6.45, 7) is 8.24. The monoisotopic (exact) mass is 492 g/mol. The third-order valence-corrected chi connectivity index (χ3v) is 7.44. The fourth-order valence-corrected chi connectivity index (χ4v) is 5.25. The van der Waals surface area contributed by atoms with E-state index in [0.29, 0.717) is 50.1 Å². The van der Waals surface area contributed by atoms with E-state index in [4.69, 9.17) is 21.1 Å². The molecule has 0 saturated carbocycles. The van der Waals surface area contributed by atoms with Gasteiger partial charge in [-0.1, -0.05) is 17.7 Å². The van der Waals surface area contributed by atoms with E-state index in [2.05, 4.69) is 16.8 Å². The molecule has 0 N–H and O–H groups in total. The second-order valence-electron chi connectivity index (χ2n) is 9.91. The van der Waals surface area contributed by atoms with Crippen LogP contribution in [-0.2, 0) is 14.3 Å². The molecule has 188 valence electrons. The summed E-state index contributed by atoms with van der Waals surface area (Å²) in [4.78, 5) is 34.8. The van der Waals surface area contributed by atoms with E-state index in [1.807, 2.05) is 28.0 Å². The first kappa shape index (κ1) is 25.2. The Hall–Kier alpha value is -1.87. The molecule has 1 aromatic rings. The highest BCUT2D eigenvalue weighted by Gasteiger charge is 2.41. The number of carbonyl (C=O) groups is 2. The van der Waals surface area contributed by atoms with Gasteiger partial charge in [-0.05, 0) is 38.1 Å². The molecule has 0 aromatic heterocycles. The normalized spacial score (nSPS) is 24.8. The number of morpholine rings is 1. The molecule has 0 radical (unpaired) electrons. The second kappa shape index (κ2) is 11.7. The zero-order valence-electron chi connectivity index (χ0n) is 20.2. The van der Waals surface area contributed by atoms with Crippen molar-refractivity contribution in [1.29, 1.82) is 0 Å². The van der Waals surface area contributed by atoms with Gasteiger partial charge in [0.05, 0.1) is 26.4 Å². The standard InChI is InChI=1S/C25H37ClN4O4/c1-27-8-10-29(11-9-27)23(31)17-25(20-34-22-5-2-4-21(26)16-22)6-3-7-30(19-25)24(32)18-28-12-14-33-15-13-28/h2,4-5,16H,3,6-15,17-20H2,1H3/t25-/m0/s1. The number of hydrogen-bond acceptors (Lipinski definition) is 6. The predicted molar refractivity (Wildman–Crippen MR) is 131 cm³/mol. The minimum Gasteiger partial charge on any atom is -0.493 e. The number of piperidine rings is 1. The van der Waals surface area contributed by atoms with Crippen LogP contribution in [0, 0.1) is 5.41 Å². The Morgan fingerprint density at radius 2 is 1.79 bits per heavy atom. The van der Waals surface area contributed by atoms with Gasteiger partial charge in [0.25, 0.3) is 0 Å². The zero-order valence-corrected chi connectivity index (χ0v) is 21.0. The quantitative estimate of drug-likeness (QED) is 0.578. The van der Waals surface area contributed by atoms with Gasteiger partial charge in [-0.15, -0.1) is 0 Å². The van der Waals surface area contributed by atoms with Crippen LogP contribution in [0.5, 0.6) is 5.75 Å². The molecule has 34 heavy (non-hydrogen) atoms. The van der Waals surface area contributed by atoms with Gasteiger partial charge in [-0.2, -0.15) is 0 Å². The molecular weight excluding hydrogens is 456 g/mol.